The van der Waals surface area contributed by atoms with Crippen molar-refractivity contribution >= 4 is 39.3 Å². The first-order chi connectivity index (χ1) is 12.0. The first-order valence-corrected chi connectivity index (χ1v) is 8.90. The van der Waals surface area contributed by atoms with Crippen LogP contribution in [0.5, 0.6) is 0 Å². The third kappa shape index (κ3) is 3.93. The molecule has 3 aromatic rings. The Morgan fingerprint density at radius 1 is 1.36 bits per heavy atom. The molecule has 2 heterocycles. The Kier molecular flexibility index (Phi) is 5.24. The molecule has 0 saturated carbocycles. The molecule has 0 fully saturated rings. The molecule has 25 heavy (non-hydrogen) atoms. The molecule has 1 N–H and O–H groups in total. The molecule has 3 rings (SSSR count). The lowest BCUT2D eigenvalue weighted by Crippen LogP contribution is -2.25. The van der Waals surface area contributed by atoms with Crippen molar-refractivity contribution in [2.24, 2.45) is 0 Å². The fraction of sp³-hybridized carbons (Fsp3) is 0.235. The van der Waals surface area contributed by atoms with Crippen molar-refractivity contribution in [1.82, 2.24) is 19.6 Å². The molecule has 8 heteroatoms. The molecule has 0 spiro atoms. The van der Waals surface area contributed by atoms with E-state index in [1.54, 1.807) is 28.7 Å². The third-order valence-corrected chi connectivity index (χ3v) is 4.93. The van der Waals surface area contributed by atoms with Crippen molar-refractivity contribution in [2.75, 3.05) is 5.32 Å². The molecule has 0 aliphatic carbocycles. The van der Waals surface area contributed by atoms with Crippen molar-refractivity contribution in [2.45, 2.75) is 26.4 Å². The summed E-state index contributed by atoms with van der Waals surface area (Å²) in [7, 11) is 0. The van der Waals surface area contributed by atoms with Crippen molar-refractivity contribution in [3.63, 3.8) is 0 Å². The van der Waals surface area contributed by atoms with E-state index in [0.717, 1.165) is 15.7 Å². The van der Waals surface area contributed by atoms with Gasteiger partial charge in [0.2, 0.25) is 5.91 Å². The minimum atomic E-state index is -0.485. The maximum Gasteiger partial charge on any atom is 0.250 e. The number of aromatic nitrogens is 4. The van der Waals surface area contributed by atoms with Gasteiger partial charge in [0, 0.05) is 6.20 Å². The van der Waals surface area contributed by atoms with Crippen LogP contribution in [0.1, 0.15) is 24.2 Å². The first-order valence-electron chi connectivity index (χ1n) is 7.73. The molecule has 2 aromatic heterocycles. The lowest BCUT2D eigenvalue weighted by Gasteiger charge is -2.13. The lowest BCUT2D eigenvalue weighted by atomic mass is 10.2. The number of rotatable bonds is 5. The fourth-order valence-corrected chi connectivity index (χ4v) is 2.93. The number of anilines is 1. The number of carbonyl (C=O) groups excluding carboxylic acids is 1. The van der Waals surface area contributed by atoms with Gasteiger partial charge >= 0.3 is 0 Å². The van der Waals surface area contributed by atoms with Crippen LogP contribution in [-0.2, 0) is 11.3 Å². The Hall–Kier alpha value is -2.12. The molecule has 1 aromatic carbocycles. The van der Waals surface area contributed by atoms with Crippen LogP contribution in [0.4, 0.5) is 5.82 Å². The molecular weight excluding hydrogens is 406 g/mol. The Balaban J connectivity index is 1.72. The van der Waals surface area contributed by atoms with Gasteiger partial charge < -0.3 is 5.32 Å². The topological polar surface area (TPSA) is 64.7 Å². The molecule has 0 saturated heterocycles. The standard InChI is InChI=1S/C17H17BrClN5O/c1-11-14(18)8-20-24(11)12(2)17(25)21-16-15(19)10-23(22-16)9-13-6-4-3-5-7-13/h3-8,10,12H,9H2,1-2H3,(H,21,22,25). The van der Waals surface area contributed by atoms with E-state index < -0.39 is 6.04 Å². The van der Waals surface area contributed by atoms with Gasteiger partial charge in [0.1, 0.15) is 11.1 Å². The van der Waals surface area contributed by atoms with Crippen LogP contribution in [-0.4, -0.2) is 25.5 Å². The van der Waals surface area contributed by atoms with Gasteiger partial charge in [0.25, 0.3) is 0 Å². The van der Waals surface area contributed by atoms with E-state index in [0.29, 0.717) is 17.4 Å². The fourth-order valence-electron chi connectivity index (χ4n) is 2.46. The molecular formula is C17H17BrClN5O. The van der Waals surface area contributed by atoms with E-state index in [2.05, 4.69) is 31.4 Å². The quantitative estimate of drug-likeness (QED) is 0.674. The summed E-state index contributed by atoms with van der Waals surface area (Å²) in [6, 6.07) is 9.43. The minimum Gasteiger partial charge on any atom is -0.306 e. The van der Waals surface area contributed by atoms with Crippen molar-refractivity contribution in [1.29, 1.82) is 0 Å². The zero-order chi connectivity index (χ0) is 18.0. The SMILES string of the molecule is Cc1c(Br)cnn1C(C)C(=O)Nc1nn(Cc2ccccc2)cc1Cl. The van der Waals surface area contributed by atoms with Crippen LogP contribution < -0.4 is 5.32 Å². The molecule has 1 atom stereocenters. The summed E-state index contributed by atoms with van der Waals surface area (Å²) in [5, 5.41) is 11.7. The van der Waals surface area contributed by atoms with Crippen molar-refractivity contribution < 1.29 is 4.79 Å². The molecule has 0 aliphatic heterocycles. The highest BCUT2D eigenvalue weighted by atomic mass is 79.9. The van der Waals surface area contributed by atoms with E-state index in [-0.39, 0.29) is 5.91 Å². The van der Waals surface area contributed by atoms with Gasteiger partial charge in [0.15, 0.2) is 5.82 Å². The molecule has 0 aliphatic rings. The maximum absolute atomic E-state index is 12.5. The summed E-state index contributed by atoms with van der Waals surface area (Å²) in [5.41, 5.74) is 1.98. The second-order valence-electron chi connectivity index (χ2n) is 5.70. The van der Waals surface area contributed by atoms with Crippen LogP contribution in [0, 0.1) is 6.92 Å². The number of hydrogen-bond donors (Lipinski definition) is 1. The molecule has 0 radical (unpaired) electrons. The average molecular weight is 423 g/mol. The van der Waals surface area contributed by atoms with Crippen LogP contribution in [0.2, 0.25) is 5.02 Å². The number of hydrogen-bond acceptors (Lipinski definition) is 3. The molecule has 130 valence electrons. The van der Waals surface area contributed by atoms with Gasteiger partial charge in [-0.2, -0.15) is 10.2 Å². The van der Waals surface area contributed by atoms with Gasteiger partial charge in [0.05, 0.1) is 22.9 Å². The highest BCUT2D eigenvalue weighted by Gasteiger charge is 2.20. The summed E-state index contributed by atoms with van der Waals surface area (Å²) in [6.45, 7) is 4.25. The Labute approximate surface area is 158 Å². The number of nitrogens with one attached hydrogen (secondary N) is 1. The first kappa shape index (κ1) is 17.7. The highest BCUT2D eigenvalue weighted by Crippen LogP contribution is 2.23. The van der Waals surface area contributed by atoms with Crippen LogP contribution in [0.25, 0.3) is 0 Å². The number of benzene rings is 1. The summed E-state index contributed by atoms with van der Waals surface area (Å²) < 4.78 is 4.21. The summed E-state index contributed by atoms with van der Waals surface area (Å²) in [6.07, 6.45) is 3.37. The highest BCUT2D eigenvalue weighted by molar-refractivity contribution is 9.10. The van der Waals surface area contributed by atoms with Gasteiger partial charge in [-0.15, -0.1) is 0 Å². The zero-order valence-electron chi connectivity index (χ0n) is 13.8. The van der Waals surface area contributed by atoms with E-state index >= 15 is 0 Å². The smallest absolute Gasteiger partial charge is 0.250 e. The third-order valence-electron chi connectivity index (χ3n) is 3.88. The van der Waals surface area contributed by atoms with Gasteiger partial charge in [-0.25, -0.2) is 0 Å². The molecule has 1 amide bonds. The predicted octanol–water partition coefficient (Wildman–Crippen LogP) is 4.05. The molecule has 1 unspecified atom stereocenters. The van der Waals surface area contributed by atoms with Crippen LogP contribution >= 0.6 is 27.5 Å². The Morgan fingerprint density at radius 2 is 2.08 bits per heavy atom. The number of amides is 1. The lowest BCUT2D eigenvalue weighted by molar-refractivity contribution is -0.119. The second kappa shape index (κ2) is 7.41. The average Bonchev–Trinajstić information content (AvgIpc) is 3.10. The van der Waals surface area contributed by atoms with E-state index in [4.69, 9.17) is 11.6 Å². The van der Waals surface area contributed by atoms with Gasteiger partial charge in [-0.05, 0) is 35.3 Å². The number of carbonyl (C=O) groups is 1. The number of nitrogens with zero attached hydrogens (tertiary/aromatic N) is 4. The van der Waals surface area contributed by atoms with Crippen molar-refractivity contribution in [3.05, 3.63) is 63.5 Å². The zero-order valence-corrected chi connectivity index (χ0v) is 16.1. The van der Waals surface area contributed by atoms with Gasteiger partial charge in [-0.3, -0.25) is 14.2 Å². The number of halogens is 2. The van der Waals surface area contributed by atoms with E-state index in [1.165, 1.54) is 0 Å². The normalized spacial score (nSPS) is 12.2. The summed E-state index contributed by atoms with van der Waals surface area (Å²) in [4.78, 5) is 12.5. The molecule has 6 nitrogen and oxygen atoms in total. The van der Waals surface area contributed by atoms with Crippen LogP contribution in [0.15, 0.2) is 47.2 Å². The monoisotopic (exact) mass is 421 g/mol. The Morgan fingerprint density at radius 3 is 2.72 bits per heavy atom. The predicted molar refractivity (Wildman–Crippen MR) is 101 cm³/mol. The van der Waals surface area contributed by atoms with E-state index in [9.17, 15) is 4.79 Å². The van der Waals surface area contributed by atoms with E-state index in [1.807, 2.05) is 37.3 Å². The maximum atomic E-state index is 12.5. The van der Waals surface area contributed by atoms with Gasteiger partial charge in [-0.1, -0.05) is 41.9 Å². The van der Waals surface area contributed by atoms with Crippen molar-refractivity contribution in [3.8, 4) is 0 Å². The van der Waals surface area contributed by atoms with Crippen LogP contribution in [0.3, 0.4) is 0 Å². The Bertz CT molecular complexity index is 890. The summed E-state index contributed by atoms with van der Waals surface area (Å²) >= 11 is 9.61. The minimum absolute atomic E-state index is 0.231. The largest absolute Gasteiger partial charge is 0.306 e. The molecule has 0 bridgehead atoms. The second-order valence-corrected chi connectivity index (χ2v) is 6.96. The summed E-state index contributed by atoms with van der Waals surface area (Å²) in [5.74, 6) is 0.115.